The number of rotatable bonds is 6. The van der Waals surface area contributed by atoms with Gasteiger partial charge in [0.25, 0.3) is 0 Å². The van der Waals surface area contributed by atoms with Gasteiger partial charge in [-0.05, 0) is 116 Å². The van der Waals surface area contributed by atoms with Crippen molar-refractivity contribution in [3.05, 3.63) is 76.9 Å². The van der Waals surface area contributed by atoms with Gasteiger partial charge in [-0.1, -0.05) is 23.7 Å². The minimum absolute atomic E-state index is 0.00316. The Hall–Kier alpha value is -3.05. The highest BCUT2D eigenvalue weighted by atomic mass is 35.5. The van der Waals surface area contributed by atoms with Gasteiger partial charge in [0.05, 0.1) is 5.02 Å². The zero-order valence-electron chi connectivity index (χ0n) is 18.8. The first-order chi connectivity index (χ1) is 16.5. The molecule has 2 N–H and O–H groups in total. The van der Waals surface area contributed by atoms with Gasteiger partial charge in [0.2, 0.25) is 0 Å². The molecule has 2 aromatic carbocycles. The lowest BCUT2D eigenvalue weighted by molar-refractivity contribution is -0.00519. The standard InChI is InChI=1S/C28H27ClN2O3/c29-23-13-20(28-14-17-10-18(15-28)12-19(11-17)16-28)4-9-25(23)34-22-7-5-21(6-8-22)30-26-3-1-2-24(31-26)27(32)33/h1-9,13,17-19H,10-12,14-16H2,(H,30,31)(H,32,33). The lowest BCUT2D eigenvalue weighted by Crippen LogP contribution is -2.48. The summed E-state index contributed by atoms with van der Waals surface area (Å²) in [7, 11) is 0. The van der Waals surface area contributed by atoms with E-state index in [1.165, 1.54) is 50.2 Å². The monoisotopic (exact) mass is 474 g/mol. The van der Waals surface area contributed by atoms with Gasteiger partial charge >= 0.3 is 5.97 Å². The van der Waals surface area contributed by atoms with Crippen LogP contribution < -0.4 is 10.1 Å². The fourth-order valence-electron chi connectivity index (χ4n) is 6.88. The highest BCUT2D eigenvalue weighted by molar-refractivity contribution is 6.32. The van der Waals surface area contributed by atoms with Crippen molar-refractivity contribution in [1.29, 1.82) is 0 Å². The van der Waals surface area contributed by atoms with Crippen molar-refractivity contribution in [2.45, 2.75) is 43.9 Å². The third kappa shape index (κ3) is 4.03. The molecule has 34 heavy (non-hydrogen) atoms. The van der Waals surface area contributed by atoms with E-state index in [-0.39, 0.29) is 5.69 Å². The summed E-state index contributed by atoms with van der Waals surface area (Å²) in [4.78, 5) is 15.2. The Morgan fingerprint density at radius 3 is 2.26 bits per heavy atom. The molecule has 1 heterocycles. The number of anilines is 2. The number of ether oxygens (including phenoxy) is 1. The molecule has 0 amide bonds. The van der Waals surface area contributed by atoms with Gasteiger partial charge in [0.1, 0.15) is 17.3 Å². The van der Waals surface area contributed by atoms with Gasteiger partial charge in [-0.2, -0.15) is 0 Å². The van der Waals surface area contributed by atoms with Gasteiger partial charge < -0.3 is 15.2 Å². The molecule has 0 aliphatic heterocycles. The second kappa shape index (κ2) is 8.31. The van der Waals surface area contributed by atoms with Crippen LogP contribution in [0, 0.1) is 17.8 Å². The SMILES string of the molecule is O=C(O)c1cccc(Nc2ccc(Oc3ccc(C45CC6CC(CC(C6)C4)C5)cc3Cl)cc2)n1. The van der Waals surface area contributed by atoms with E-state index in [4.69, 9.17) is 21.4 Å². The Morgan fingerprint density at radius 1 is 0.971 bits per heavy atom. The molecule has 0 radical (unpaired) electrons. The Labute approximate surface area is 204 Å². The van der Waals surface area contributed by atoms with E-state index >= 15 is 0 Å². The van der Waals surface area contributed by atoms with Gasteiger partial charge in [-0.3, -0.25) is 0 Å². The van der Waals surface area contributed by atoms with Crippen molar-refractivity contribution in [3.8, 4) is 11.5 Å². The van der Waals surface area contributed by atoms with E-state index in [2.05, 4.69) is 22.4 Å². The molecule has 0 saturated heterocycles. The zero-order valence-corrected chi connectivity index (χ0v) is 19.6. The maximum atomic E-state index is 11.1. The van der Waals surface area contributed by atoms with Gasteiger partial charge in [-0.25, -0.2) is 9.78 Å². The van der Waals surface area contributed by atoms with Crippen LogP contribution >= 0.6 is 11.6 Å². The van der Waals surface area contributed by atoms with Gasteiger partial charge in [0.15, 0.2) is 5.69 Å². The number of nitrogens with one attached hydrogen (secondary N) is 1. The normalized spacial score (nSPS) is 26.9. The van der Waals surface area contributed by atoms with E-state index in [0.29, 0.717) is 27.8 Å². The van der Waals surface area contributed by atoms with Crippen LogP contribution in [0.2, 0.25) is 5.02 Å². The number of nitrogens with zero attached hydrogens (tertiary/aromatic N) is 1. The molecule has 4 aliphatic rings. The highest BCUT2D eigenvalue weighted by Gasteiger charge is 2.51. The Balaban J connectivity index is 1.15. The van der Waals surface area contributed by atoms with Crippen LogP contribution in [0.1, 0.15) is 54.6 Å². The van der Waals surface area contributed by atoms with E-state index in [1.54, 1.807) is 12.1 Å². The number of carboxylic acids is 1. The molecule has 5 nitrogen and oxygen atoms in total. The number of carbonyl (C=O) groups is 1. The first-order valence-electron chi connectivity index (χ1n) is 12.0. The summed E-state index contributed by atoms with van der Waals surface area (Å²) < 4.78 is 6.09. The number of halogens is 1. The molecular weight excluding hydrogens is 448 g/mol. The third-order valence-corrected chi connectivity index (χ3v) is 8.20. The lowest BCUT2D eigenvalue weighted by atomic mass is 9.48. The van der Waals surface area contributed by atoms with E-state index in [0.717, 1.165) is 23.4 Å². The van der Waals surface area contributed by atoms with E-state index < -0.39 is 5.97 Å². The van der Waals surface area contributed by atoms with Crippen LogP contribution in [0.15, 0.2) is 60.7 Å². The predicted molar refractivity (Wildman–Crippen MR) is 132 cm³/mol. The molecule has 0 atom stereocenters. The molecule has 4 fully saturated rings. The van der Waals surface area contributed by atoms with Crippen LogP contribution in [0.4, 0.5) is 11.5 Å². The van der Waals surface area contributed by atoms with Crippen molar-refractivity contribution in [2.75, 3.05) is 5.32 Å². The smallest absolute Gasteiger partial charge is 0.354 e. The van der Waals surface area contributed by atoms with Crippen LogP contribution in [0.3, 0.4) is 0 Å². The molecule has 3 aromatic rings. The molecule has 4 saturated carbocycles. The molecule has 174 valence electrons. The van der Waals surface area contributed by atoms with Crippen molar-refractivity contribution in [1.82, 2.24) is 4.98 Å². The van der Waals surface area contributed by atoms with E-state index in [1.807, 2.05) is 30.3 Å². The summed E-state index contributed by atoms with van der Waals surface area (Å²) in [6, 6.07) is 18.7. The zero-order chi connectivity index (χ0) is 23.3. The quantitative estimate of drug-likeness (QED) is 0.388. The first-order valence-corrected chi connectivity index (χ1v) is 12.4. The molecule has 1 aromatic heterocycles. The van der Waals surface area contributed by atoms with Crippen LogP contribution in [-0.2, 0) is 5.41 Å². The predicted octanol–water partition coefficient (Wildman–Crippen LogP) is 7.44. The minimum Gasteiger partial charge on any atom is -0.477 e. The van der Waals surface area contributed by atoms with Crippen molar-refractivity contribution < 1.29 is 14.6 Å². The summed E-state index contributed by atoms with van der Waals surface area (Å²) in [5.74, 6) is 3.45. The fraction of sp³-hybridized carbons (Fsp3) is 0.357. The van der Waals surface area contributed by atoms with Crippen LogP contribution in [0.5, 0.6) is 11.5 Å². The Kier molecular flexibility index (Phi) is 5.25. The molecule has 0 unspecified atom stereocenters. The molecular formula is C28H27ClN2O3. The number of carboxylic acid groups (broad SMARTS) is 1. The second-order valence-corrected chi connectivity index (χ2v) is 10.7. The fourth-order valence-corrected chi connectivity index (χ4v) is 7.10. The summed E-state index contributed by atoms with van der Waals surface area (Å²) in [5, 5.41) is 12.9. The van der Waals surface area contributed by atoms with Gasteiger partial charge in [0, 0.05) is 5.69 Å². The summed E-state index contributed by atoms with van der Waals surface area (Å²) in [6.45, 7) is 0. The summed E-state index contributed by atoms with van der Waals surface area (Å²) >= 11 is 6.70. The average molecular weight is 475 g/mol. The Bertz CT molecular complexity index is 1210. The van der Waals surface area contributed by atoms with Crippen LogP contribution in [-0.4, -0.2) is 16.1 Å². The highest BCUT2D eigenvalue weighted by Crippen LogP contribution is 2.61. The molecule has 6 heteroatoms. The second-order valence-electron chi connectivity index (χ2n) is 10.3. The van der Waals surface area contributed by atoms with Crippen LogP contribution in [0.25, 0.3) is 0 Å². The van der Waals surface area contributed by atoms with Gasteiger partial charge in [-0.15, -0.1) is 0 Å². The number of aromatic carboxylic acids is 1. The largest absolute Gasteiger partial charge is 0.477 e. The van der Waals surface area contributed by atoms with Crippen molar-refractivity contribution in [2.24, 2.45) is 17.8 Å². The average Bonchev–Trinajstić information content (AvgIpc) is 2.81. The third-order valence-electron chi connectivity index (χ3n) is 7.91. The lowest BCUT2D eigenvalue weighted by Gasteiger charge is -2.57. The molecule has 4 bridgehead atoms. The minimum atomic E-state index is -1.06. The summed E-state index contributed by atoms with van der Waals surface area (Å²) in [6.07, 6.45) is 8.23. The van der Waals surface area contributed by atoms with Crippen molar-refractivity contribution in [3.63, 3.8) is 0 Å². The topological polar surface area (TPSA) is 71.5 Å². The maximum absolute atomic E-state index is 11.1. The summed E-state index contributed by atoms with van der Waals surface area (Å²) in [5.41, 5.74) is 2.48. The van der Waals surface area contributed by atoms with Crippen molar-refractivity contribution >= 4 is 29.1 Å². The number of aromatic nitrogens is 1. The number of hydrogen-bond donors (Lipinski definition) is 2. The Morgan fingerprint density at radius 2 is 1.65 bits per heavy atom. The molecule has 7 rings (SSSR count). The van der Waals surface area contributed by atoms with E-state index in [9.17, 15) is 4.79 Å². The maximum Gasteiger partial charge on any atom is 0.354 e. The molecule has 0 spiro atoms. The number of pyridine rings is 1. The molecule has 4 aliphatic carbocycles. The first kappa shape index (κ1) is 21.5. The number of hydrogen-bond acceptors (Lipinski definition) is 4. The number of benzene rings is 2.